The summed E-state index contributed by atoms with van der Waals surface area (Å²) < 4.78 is 5.51. The number of halogens is 1. The largest absolute Gasteiger partial charge is 0.479 e. The summed E-state index contributed by atoms with van der Waals surface area (Å²) in [5, 5.41) is 5.84. The van der Waals surface area contributed by atoms with Gasteiger partial charge in [-0.1, -0.05) is 29.8 Å². The fourth-order valence-corrected chi connectivity index (χ4v) is 2.39. The Morgan fingerprint density at radius 1 is 1.23 bits per heavy atom. The highest BCUT2D eigenvalue weighted by molar-refractivity contribution is 6.34. The highest BCUT2D eigenvalue weighted by Crippen LogP contribution is 2.36. The van der Waals surface area contributed by atoms with Crippen LogP contribution in [0.4, 0.5) is 11.4 Å². The maximum Gasteiger partial charge on any atom is 0.265 e. The van der Waals surface area contributed by atoms with Gasteiger partial charge in [-0.2, -0.15) is 0 Å². The third-order valence-corrected chi connectivity index (χ3v) is 3.64. The molecule has 2 aromatic carbocycles. The van der Waals surface area contributed by atoms with Gasteiger partial charge in [0.1, 0.15) is 11.4 Å². The standard InChI is InChI=1S/C16H13ClN2O3/c1-9-15(20)19-14-12(7-4-8-13(14)22-9)18-16(21)10-5-2-3-6-11(10)17/h2-9H,1H3,(H,18,21)(H,19,20). The van der Waals surface area contributed by atoms with Crippen molar-refractivity contribution in [3.63, 3.8) is 0 Å². The van der Waals surface area contributed by atoms with Crippen molar-refractivity contribution in [2.45, 2.75) is 13.0 Å². The molecule has 2 amide bonds. The second kappa shape index (κ2) is 5.69. The van der Waals surface area contributed by atoms with Gasteiger partial charge >= 0.3 is 0 Å². The molecule has 112 valence electrons. The van der Waals surface area contributed by atoms with Crippen LogP contribution >= 0.6 is 11.6 Å². The molecule has 0 bridgehead atoms. The van der Waals surface area contributed by atoms with E-state index in [9.17, 15) is 9.59 Å². The lowest BCUT2D eigenvalue weighted by Crippen LogP contribution is -2.34. The predicted molar refractivity (Wildman–Crippen MR) is 84.6 cm³/mol. The molecule has 3 rings (SSSR count). The van der Waals surface area contributed by atoms with Crippen LogP contribution in [-0.2, 0) is 4.79 Å². The SMILES string of the molecule is CC1Oc2cccc(NC(=O)c3ccccc3Cl)c2NC1=O. The van der Waals surface area contributed by atoms with Gasteiger partial charge in [0.05, 0.1) is 16.3 Å². The number of carbonyl (C=O) groups excluding carboxylic acids is 2. The second-order valence-corrected chi connectivity index (χ2v) is 5.27. The summed E-state index contributed by atoms with van der Waals surface area (Å²) in [6.45, 7) is 1.66. The van der Waals surface area contributed by atoms with Crippen LogP contribution in [0.2, 0.25) is 5.02 Å². The lowest BCUT2D eigenvalue weighted by Gasteiger charge is -2.25. The fraction of sp³-hybridized carbons (Fsp3) is 0.125. The number of rotatable bonds is 2. The zero-order valence-electron chi connectivity index (χ0n) is 11.7. The van der Waals surface area contributed by atoms with E-state index in [0.717, 1.165) is 0 Å². The molecule has 2 N–H and O–H groups in total. The number of benzene rings is 2. The summed E-state index contributed by atoms with van der Waals surface area (Å²) in [4.78, 5) is 24.1. The molecule has 1 aliphatic rings. The Morgan fingerprint density at radius 3 is 2.77 bits per heavy atom. The van der Waals surface area contributed by atoms with E-state index in [1.54, 1.807) is 49.4 Å². The van der Waals surface area contributed by atoms with Crippen molar-refractivity contribution in [1.82, 2.24) is 0 Å². The molecule has 2 aromatic rings. The van der Waals surface area contributed by atoms with Gasteiger partial charge in [-0.3, -0.25) is 9.59 Å². The summed E-state index contributed by atoms with van der Waals surface area (Å²) in [5.41, 5.74) is 1.27. The van der Waals surface area contributed by atoms with Crippen LogP contribution in [0.25, 0.3) is 0 Å². The Labute approximate surface area is 132 Å². The molecule has 22 heavy (non-hydrogen) atoms. The molecule has 6 heteroatoms. The molecule has 0 radical (unpaired) electrons. The van der Waals surface area contributed by atoms with Gasteiger partial charge in [0, 0.05) is 0 Å². The minimum absolute atomic E-state index is 0.257. The van der Waals surface area contributed by atoms with Crippen LogP contribution in [0.15, 0.2) is 42.5 Å². The molecule has 5 nitrogen and oxygen atoms in total. The summed E-state index contributed by atoms with van der Waals surface area (Å²) in [5.74, 6) is -0.0946. The summed E-state index contributed by atoms with van der Waals surface area (Å²) in [7, 11) is 0. The molecular weight excluding hydrogens is 304 g/mol. The van der Waals surface area contributed by atoms with E-state index in [1.807, 2.05) is 0 Å². The zero-order valence-corrected chi connectivity index (χ0v) is 12.5. The maximum absolute atomic E-state index is 12.3. The quantitative estimate of drug-likeness (QED) is 0.893. The van der Waals surface area contributed by atoms with Gasteiger partial charge in [-0.25, -0.2) is 0 Å². The van der Waals surface area contributed by atoms with E-state index < -0.39 is 6.10 Å². The first-order chi connectivity index (χ1) is 10.6. The van der Waals surface area contributed by atoms with Gasteiger partial charge in [0.25, 0.3) is 11.8 Å². The number of fused-ring (bicyclic) bond motifs is 1. The van der Waals surface area contributed by atoms with E-state index in [1.165, 1.54) is 0 Å². The van der Waals surface area contributed by atoms with Crippen molar-refractivity contribution in [1.29, 1.82) is 0 Å². The summed E-state index contributed by atoms with van der Waals surface area (Å²) in [6, 6.07) is 11.9. The van der Waals surface area contributed by atoms with Gasteiger partial charge in [-0.15, -0.1) is 0 Å². The Bertz CT molecular complexity index is 761. The lowest BCUT2D eigenvalue weighted by molar-refractivity contribution is -0.122. The molecule has 0 spiro atoms. The molecule has 0 fully saturated rings. The average molecular weight is 317 g/mol. The van der Waals surface area contributed by atoms with E-state index >= 15 is 0 Å². The normalized spacial score (nSPS) is 16.3. The van der Waals surface area contributed by atoms with E-state index in [2.05, 4.69) is 10.6 Å². The molecule has 0 aromatic heterocycles. The highest BCUT2D eigenvalue weighted by Gasteiger charge is 2.26. The van der Waals surface area contributed by atoms with E-state index in [-0.39, 0.29) is 11.8 Å². The lowest BCUT2D eigenvalue weighted by atomic mass is 10.1. The Hall–Kier alpha value is -2.53. The van der Waals surface area contributed by atoms with E-state index in [0.29, 0.717) is 27.7 Å². The Balaban J connectivity index is 1.91. The van der Waals surface area contributed by atoms with Crippen molar-refractivity contribution in [2.75, 3.05) is 10.6 Å². The molecule has 0 saturated heterocycles. The van der Waals surface area contributed by atoms with Gasteiger partial charge in [0.2, 0.25) is 0 Å². The van der Waals surface area contributed by atoms with Crippen LogP contribution in [0.3, 0.4) is 0 Å². The number of nitrogens with one attached hydrogen (secondary N) is 2. The van der Waals surface area contributed by atoms with Crippen molar-refractivity contribution >= 4 is 34.8 Å². The van der Waals surface area contributed by atoms with Crippen LogP contribution in [0.5, 0.6) is 5.75 Å². The fourth-order valence-electron chi connectivity index (χ4n) is 2.17. The minimum atomic E-state index is -0.568. The van der Waals surface area contributed by atoms with Crippen LogP contribution < -0.4 is 15.4 Å². The van der Waals surface area contributed by atoms with E-state index in [4.69, 9.17) is 16.3 Å². The van der Waals surface area contributed by atoms with Crippen molar-refractivity contribution < 1.29 is 14.3 Å². The first-order valence-electron chi connectivity index (χ1n) is 6.72. The van der Waals surface area contributed by atoms with Gasteiger partial charge < -0.3 is 15.4 Å². The monoisotopic (exact) mass is 316 g/mol. The summed E-state index contributed by atoms with van der Waals surface area (Å²) >= 11 is 6.02. The number of hydrogen-bond acceptors (Lipinski definition) is 3. The number of ether oxygens (including phenoxy) is 1. The molecule has 1 heterocycles. The minimum Gasteiger partial charge on any atom is -0.479 e. The Morgan fingerprint density at radius 2 is 2.00 bits per heavy atom. The predicted octanol–water partition coefficient (Wildman–Crippen LogP) is 3.31. The average Bonchev–Trinajstić information content (AvgIpc) is 2.49. The van der Waals surface area contributed by atoms with Crippen LogP contribution in [0.1, 0.15) is 17.3 Å². The van der Waals surface area contributed by atoms with Gasteiger partial charge in [-0.05, 0) is 31.2 Å². The number of para-hydroxylation sites is 1. The van der Waals surface area contributed by atoms with Crippen LogP contribution in [-0.4, -0.2) is 17.9 Å². The molecule has 0 saturated carbocycles. The molecule has 1 unspecified atom stereocenters. The third kappa shape index (κ3) is 2.63. The molecule has 0 aliphatic carbocycles. The molecule has 1 aliphatic heterocycles. The third-order valence-electron chi connectivity index (χ3n) is 3.31. The smallest absolute Gasteiger partial charge is 0.265 e. The molecule has 1 atom stereocenters. The van der Waals surface area contributed by atoms with Crippen LogP contribution in [0, 0.1) is 0 Å². The number of carbonyl (C=O) groups is 2. The number of anilines is 2. The summed E-state index contributed by atoms with van der Waals surface area (Å²) in [6.07, 6.45) is -0.568. The zero-order chi connectivity index (χ0) is 15.7. The Kier molecular flexibility index (Phi) is 3.73. The highest BCUT2D eigenvalue weighted by atomic mass is 35.5. The van der Waals surface area contributed by atoms with Gasteiger partial charge in [0.15, 0.2) is 6.10 Å². The van der Waals surface area contributed by atoms with Crippen molar-refractivity contribution in [2.24, 2.45) is 0 Å². The van der Waals surface area contributed by atoms with Crippen molar-refractivity contribution in [3.05, 3.63) is 53.1 Å². The molecular formula is C16H13ClN2O3. The number of hydrogen-bond donors (Lipinski definition) is 2. The second-order valence-electron chi connectivity index (χ2n) is 4.86. The topological polar surface area (TPSA) is 67.4 Å². The first-order valence-corrected chi connectivity index (χ1v) is 7.10. The van der Waals surface area contributed by atoms with Crippen molar-refractivity contribution in [3.8, 4) is 5.75 Å². The maximum atomic E-state index is 12.3. The first kappa shape index (κ1) is 14.4. The number of amides is 2.